The van der Waals surface area contributed by atoms with Gasteiger partial charge in [-0.1, -0.05) is 84.9 Å². The minimum atomic E-state index is 1.02. The summed E-state index contributed by atoms with van der Waals surface area (Å²) in [6.07, 6.45) is 5.26. The molecule has 6 aromatic carbocycles. The first-order valence-corrected chi connectivity index (χ1v) is 15.6. The van der Waals surface area contributed by atoms with Gasteiger partial charge in [0.2, 0.25) is 0 Å². The smallest absolute Gasteiger partial charge is 0.115 e. The average Bonchev–Trinajstić information content (AvgIpc) is 3.44. The summed E-state index contributed by atoms with van der Waals surface area (Å²) in [5.74, 6) is 0. The summed E-state index contributed by atoms with van der Waals surface area (Å²) in [5.41, 5.74) is 14.1. The first kappa shape index (κ1) is 27.5. The van der Waals surface area contributed by atoms with Gasteiger partial charge in [-0.15, -0.1) is 0 Å². The van der Waals surface area contributed by atoms with Crippen LogP contribution in [0.5, 0.6) is 0 Å². The highest BCUT2D eigenvalue weighted by Gasteiger charge is 2.19. The molecule has 0 saturated carbocycles. The van der Waals surface area contributed by atoms with Gasteiger partial charge < -0.3 is 9.47 Å². The summed E-state index contributed by atoms with van der Waals surface area (Å²) in [7, 11) is 0. The normalized spacial score (nSPS) is 11.3. The molecule has 8 aromatic rings. The molecule has 0 aliphatic heterocycles. The van der Waals surface area contributed by atoms with Gasteiger partial charge in [0.1, 0.15) is 6.33 Å². The predicted molar refractivity (Wildman–Crippen MR) is 191 cm³/mol. The lowest BCUT2D eigenvalue weighted by Gasteiger charge is -2.25. The second kappa shape index (κ2) is 11.5. The van der Waals surface area contributed by atoms with Crippen molar-refractivity contribution in [3.63, 3.8) is 0 Å². The molecular weight excluding hydrogens is 560 g/mol. The van der Waals surface area contributed by atoms with E-state index in [4.69, 9.17) is 0 Å². The molecule has 0 bridgehead atoms. The molecule has 0 radical (unpaired) electrons. The van der Waals surface area contributed by atoms with E-state index in [-0.39, 0.29) is 0 Å². The van der Waals surface area contributed by atoms with Gasteiger partial charge in [-0.25, -0.2) is 9.97 Å². The molecule has 46 heavy (non-hydrogen) atoms. The molecule has 0 aliphatic rings. The van der Waals surface area contributed by atoms with Crippen LogP contribution in [0.3, 0.4) is 0 Å². The van der Waals surface area contributed by atoms with Crippen LogP contribution in [-0.4, -0.2) is 14.5 Å². The Labute approximate surface area is 268 Å². The van der Waals surface area contributed by atoms with Crippen molar-refractivity contribution in [3.05, 3.63) is 169 Å². The van der Waals surface area contributed by atoms with Gasteiger partial charge in [-0.3, -0.25) is 0 Å². The van der Waals surface area contributed by atoms with Gasteiger partial charge in [-0.2, -0.15) is 0 Å². The summed E-state index contributed by atoms with van der Waals surface area (Å²) in [6.45, 7) is 4.47. The molecule has 2 aromatic heterocycles. The van der Waals surface area contributed by atoms with E-state index >= 15 is 0 Å². The maximum absolute atomic E-state index is 4.17. The van der Waals surface area contributed by atoms with Gasteiger partial charge in [0, 0.05) is 51.5 Å². The topological polar surface area (TPSA) is 34.0 Å². The van der Waals surface area contributed by atoms with E-state index < -0.39 is 0 Å². The number of hydrogen-bond acceptors (Lipinski definition) is 3. The lowest BCUT2D eigenvalue weighted by atomic mass is 9.94. The Hall–Kier alpha value is -6.00. The highest BCUT2D eigenvalue weighted by atomic mass is 15.1. The maximum Gasteiger partial charge on any atom is 0.115 e. The van der Waals surface area contributed by atoms with Crippen molar-refractivity contribution < 1.29 is 0 Å². The van der Waals surface area contributed by atoms with Crippen LogP contribution in [0.2, 0.25) is 0 Å². The fourth-order valence-electron chi connectivity index (χ4n) is 6.61. The van der Waals surface area contributed by atoms with Crippen LogP contribution in [0, 0.1) is 13.8 Å². The summed E-state index contributed by atoms with van der Waals surface area (Å²) < 4.78 is 2.43. The molecule has 0 saturated heterocycles. The second-order valence-corrected chi connectivity index (χ2v) is 11.6. The number of para-hydroxylation sites is 3. The van der Waals surface area contributed by atoms with Crippen LogP contribution in [0.25, 0.3) is 49.7 Å². The van der Waals surface area contributed by atoms with Gasteiger partial charge in [0.25, 0.3) is 0 Å². The van der Waals surface area contributed by atoms with Crippen LogP contribution < -0.4 is 4.90 Å². The standard InChI is InChI=1S/C42H32N4/c1-29-30(2)40(24-22-37(29)32-19-17-31(18-20-32)33-26-43-28-44-27-33)46-41-16-10-9-15-38(41)39-25-36(21-23-42(39)46)45(34-11-5-3-6-12-34)35-13-7-4-8-14-35/h3-28H,1-2H3. The van der Waals surface area contributed by atoms with Crippen LogP contribution >= 0.6 is 0 Å². The minimum absolute atomic E-state index is 1.02. The lowest BCUT2D eigenvalue weighted by molar-refractivity contribution is 1.13. The van der Waals surface area contributed by atoms with Crippen LogP contribution in [0.1, 0.15) is 11.1 Å². The zero-order valence-corrected chi connectivity index (χ0v) is 25.8. The van der Waals surface area contributed by atoms with Gasteiger partial charge in [0.15, 0.2) is 0 Å². The van der Waals surface area contributed by atoms with Crippen molar-refractivity contribution in [1.29, 1.82) is 0 Å². The van der Waals surface area contributed by atoms with Crippen LogP contribution in [-0.2, 0) is 0 Å². The molecule has 0 unspecified atom stereocenters. The second-order valence-electron chi connectivity index (χ2n) is 11.6. The number of anilines is 3. The fraction of sp³-hybridized carbons (Fsp3) is 0.0476. The quantitative estimate of drug-likeness (QED) is 0.193. The van der Waals surface area contributed by atoms with Crippen LogP contribution in [0.4, 0.5) is 17.1 Å². The summed E-state index contributed by atoms with van der Waals surface area (Å²) in [5, 5.41) is 2.47. The molecule has 4 heteroatoms. The third-order valence-electron chi connectivity index (χ3n) is 9.03. The Morgan fingerprint density at radius 1 is 0.478 bits per heavy atom. The third-order valence-corrected chi connectivity index (χ3v) is 9.03. The Bertz CT molecular complexity index is 2270. The molecule has 0 N–H and O–H groups in total. The Kier molecular flexibility index (Phi) is 6.88. The van der Waals surface area contributed by atoms with E-state index in [9.17, 15) is 0 Å². The molecule has 0 atom stereocenters. The SMILES string of the molecule is Cc1c(-c2ccc(-c3cncnc3)cc2)ccc(-n2c3ccccc3c3cc(N(c4ccccc4)c4ccccc4)ccc32)c1C. The molecular formula is C42H32N4. The van der Waals surface area contributed by atoms with Gasteiger partial charge in [0.05, 0.1) is 11.0 Å². The molecule has 0 fully saturated rings. The first-order chi connectivity index (χ1) is 22.7. The maximum atomic E-state index is 4.17. The number of aromatic nitrogens is 3. The number of hydrogen-bond donors (Lipinski definition) is 0. The summed E-state index contributed by atoms with van der Waals surface area (Å²) in [6, 6.07) is 50.0. The summed E-state index contributed by atoms with van der Waals surface area (Å²) in [4.78, 5) is 10.7. The predicted octanol–water partition coefficient (Wildman–Crippen LogP) is 11.0. The van der Waals surface area contributed by atoms with Crippen LogP contribution in [0.15, 0.2) is 158 Å². The van der Waals surface area contributed by atoms with Crippen molar-refractivity contribution in [2.24, 2.45) is 0 Å². The minimum Gasteiger partial charge on any atom is -0.310 e. The Morgan fingerprint density at radius 3 is 1.78 bits per heavy atom. The molecule has 2 heterocycles. The van der Waals surface area contributed by atoms with E-state index in [1.807, 2.05) is 12.4 Å². The van der Waals surface area contributed by atoms with E-state index in [2.05, 4.69) is 173 Å². The van der Waals surface area contributed by atoms with Crippen molar-refractivity contribution >= 4 is 38.9 Å². The molecule has 8 rings (SSSR count). The largest absolute Gasteiger partial charge is 0.310 e. The highest BCUT2D eigenvalue weighted by Crippen LogP contribution is 2.40. The van der Waals surface area contributed by atoms with E-state index in [1.54, 1.807) is 6.33 Å². The van der Waals surface area contributed by atoms with Crippen molar-refractivity contribution in [1.82, 2.24) is 14.5 Å². The Morgan fingerprint density at radius 2 is 1.09 bits per heavy atom. The Balaban J connectivity index is 1.25. The van der Waals surface area contributed by atoms with E-state index in [0.717, 1.165) is 28.2 Å². The monoisotopic (exact) mass is 592 g/mol. The van der Waals surface area contributed by atoms with Gasteiger partial charge >= 0.3 is 0 Å². The fourth-order valence-corrected chi connectivity index (χ4v) is 6.61. The zero-order valence-electron chi connectivity index (χ0n) is 25.8. The molecule has 4 nitrogen and oxygen atoms in total. The number of nitrogens with zero attached hydrogens (tertiary/aromatic N) is 4. The number of benzene rings is 6. The average molecular weight is 593 g/mol. The zero-order chi connectivity index (χ0) is 31.0. The van der Waals surface area contributed by atoms with E-state index in [0.29, 0.717) is 0 Å². The third kappa shape index (κ3) is 4.72. The number of rotatable bonds is 6. The molecule has 220 valence electrons. The van der Waals surface area contributed by atoms with E-state index in [1.165, 1.54) is 49.7 Å². The summed E-state index contributed by atoms with van der Waals surface area (Å²) >= 11 is 0. The van der Waals surface area contributed by atoms with Gasteiger partial charge in [-0.05, 0) is 96.3 Å². The van der Waals surface area contributed by atoms with Crippen molar-refractivity contribution in [2.75, 3.05) is 4.90 Å². The molecule has 0 spiro atoms. The first-order valence-electron chi connectivity index (χ1n) is 15.6. The number of fused-ring (bicyclic) bond motifs is 3. The van der Waals surface area contributed by atoms with Crippen molar-refractivity contribution in [2.45, 2.75) is 13.8 Å². The lowest BCUT2D eigenvalue weighted by Crippen LogP contribution is -2.09. The molecule has 0 aliphatic carbocycles. The van der Waals surface area contributed by atoms with Crippen molar-refractivity contribution in [3.8, 4) is 27.9 Å². The molecule has 0 amide bonds. The highest BCUT2D eigenvalue weighted by molar-refractivity contribution is 6.10.